The van der Waals surface area contributed by atoms with Crippen LogP contribution in [0.3, 0.4) is 0 Å². The summed E-state index contributed by atoms with van der Waals surface area (Å²) in [4.78, 5) is 22.9. The summed E-state index contributed by atoms with van der Waals surface area (Å²) in [5.74, 6) is 2.31. The van der Waals surface area contributed by atoms with Crippen LogP contribution in [-0.4, -0.2) is 72.9 Å². The molecule has 0 radical (unpaired) electrons. The molecule has 1 aromatic heterocycles. The van der Waals surface area contributed by atoms with Crippen molar-refractivity contribution in [3.8, 4) is 11.5 Å². The fourth-order valence-corrected chi connectivity index (χ4v) is 4.01. The fourth-order valence-electron chi connectivity index (χ4n) is 4.01. The molecular weight excluding hydrogens is 424 g/mol. The van der Waals surface area contributed by atoms with E-state index in [2.05, 4.69) is 22.6 Å². The SMILES string of the molecule is COc1cc2nc(NCCCCCCC(=O)NO)nc(NC3CCN(C)CC3)c2cc1OC. The van der Waals surface area contributed by atoms with Gasteiger partial charge in [0.2, 0.25) is 11.9 Å². The summed E-state index contributed by atoms with van der Waals surface area (Å²) in [5.41, 5.74) is 2.45. The van der Waals surface area contributed by atoms with Crippen molar-refractivity contribution in [2.45, 2.75) is 51.0 Å². The molecule has 1 saturated heterocycles. The van der Waals surface area contributed by atoms with Gasteiger partial charge in [0.25, 0.3) is 0 Å². The van der Waals surface area contributed by atoms with Crippen LogP contribution in [0, 0.1) is 0 Å². The second-order valence-electron chi connectivity index (χ2n) is 8.47. The molecule has 1 aromatic carbocycles. The molecule has 0 atom stereocenters. The standard InChI is InChI=1S/C23H36N6O4/c1-29-12-9-16(10-13-29)25-22-17-14-19(32-2)20(33-3)15-18(17)26-23(27-22)24-11-7-5-4-6-8-21(30)28-31/h14-16,31H,4-13H2,1-3H3,(H,28,30)(H2,24,25,26,27). The highest BCUT2D eigenvalue weighted by Crippen LogP contribution is 2.35. The Bertz CT molecular complexity index is 917. The number of carbonyl (C=O) groups is 1. The summed E-state index contributed by atoms with van der Waals surface area (Å²) >= 11 is 0. The minimum absolute atomic E-state index is 0.339. The van der Waals surface area contributed by atoms with Crippen LogP contribution in [0.1, 0.15) is 44.9 Å². The number of methoxy groups -OCH3 is 2. The number of carbonyl (C=O) groups excluding carboxylic acids is 1. The highest BCUT2D eigenvalue weighted by molar-refractivity contribution is 5.92. The molecule has 10 nitrogen and oxygen atoms in total. The Morgan fingerprint density at radius 3 is 2.48 bits per heavy atom. The molecule has 1 fully saturated rings. The van der Waals surface area contributed by atoms with Gasteiger partial charge in [0.1, 0.15) is 5.82 Å². The molecule has 1 aliphatic rings. The van der Waals surface area contributed by atoms with Crippen molar-refractivity contribution in [2.24, 2.45) is 0 Å². The number of likely N-dealkylation sites (tertiary alicyclic amines) is 1. The third-order valence-corrected chi connectivity index (χ3v) is 6.00. The van der Waals surface area contributed by atoms with E-state index in [1.165, 1.54) is 0 Å². The molecule has 0 bridgehead atoms. The number of anilines is 2. The lowest BCUT2D eigenvalue weighted by Crippen LogP contribution is -2.37. The van der Waals surface area contributed by atoms with Crippen molar-refractivity contribution < 1.29 is 19.5 Å². The largest absolute Gasteiger partial charge is 0.493 e. The zero-order valence-corrected chi connectivity index (χ0v) is 19.8. The zero-order chi connectivity index (χ0) is 23.6. The lowest BCUT2D eigenvalue weighted by atomic mass is 10.1. The number of piperidine rings is 1. The Balaban J connectivity index is 1.69. The van der Waals surface area contributed by atoms with Crippen LogP contribution in [0.15, 0.2) is 12.1 Å². The van der Waals surface area contributed by atoms with E-state index < -0.39 is 0 Å². The van der Waals surface area contributed by atoms with Gasteiger partial charge in [-0.05, 0) is 51.9 Å². The van der Waals surface area contributed by atoms with E-state index in [4.69, 9.17) is 24.6 Å². The molecule has 10 heteroatoms. The molecule has 1 aliphatic heterocycles. The predicted octanol–water partition coefficient (Wildman–Crippen LogP) is 3.02. The van der Waals surface area contributed by atoms with Gasteiger partial charge in [-0.25, -0.2) is 10.5 Å². The number of benzene rings is 1. The van der Waals surface area contributed by atoms with Crippen molar-refractivity contribution in [1.29, 1.82) is 0 Å². The number of amides is 1. The van der Waals surface area contributed by atoms with Crippen molar-refractivity contribution >= 4 is 28.6 Å². The van der Waals surface area contributed by atoms with Gasteiger partial charge in [-0.2, -0.15) is 4.98 Å². The smallest absolute Gasteiger partial charge is 0.243 e. The first-order valence-electron chi connectivity index (χ1n) is 11.6. The zero-order valence-electron chi connectivity index (χ0n) is 19.8. The molecule has 0 spiro atoms. The van der Waals surface area contributed by atoms with E-state index >= 15 is 0 Å². The molecule has 0 saturated carbocycles. The number of ether oxygens (including phenoxy) is 2. The Morgan fingerprint density at radius 1 is 1.09 bits per heavy atom. The van der Waals surface area contributed by atoms with Gasteiger partial charge in [0.15, 0.2) is 11.5 Å². The minimum atomic E-state index is -0.339. The Labute approximate surface area is 195 Å². The average Bonchev–Trinajstić information content (AvgIpc) is 2.83. The number of nitrogens with zero attached hydrogens (tertiary/aromatic N) is 3. The lowest BCUT2D eigenvalue weighted by molar-refractivity contribution is -0.129. The summed E-state index contributed by atoms with van der Waals surface area (Å²) in [6, 6.07) is 4.17. The summed E-state index contributed by atoms with van der Waals surface area (Å²) in [6.07, 6.45) is 6.06. The van der Waals surface area contributed by atoms with Gasteiger partial charge in [-0.15, -0.1) is 0 Å². The summed E-state index contributed by atoms with van der Waals surface area (Å²) < 4.78 is 11.0. The van der Waals surface area contributed by atoms with Crippen LogP contribution in [0.2, 0.25) is 0 Å². The van der Waals surface area contributed by atoms with Crippen molar-refractivity contribution in [1.82, 2.24) is 20.3 Å². The molecule has 2 heterocycles. The number of unbranched alkanes of at least 4 members (excludes halogenated alkanes) is 3. The van der Waals surface area contributed by atoms with Crippen molar-refractivity contribution in [3.05, 3.63) is 12.1 Å². The number of hydrogen-bond donors (Lipinski definition) is 4. The number of hydroxylamine groups is 1. The lowest BCUT2D eigenvalue weighted by Gasteiger charge is -2.30. The predicted molar refractivity (Wildman–Crippen MR) is 128 cm³/mol. The first-order chi connectivity index (χ1) is 16.0. The van der Waals surface area contributed by atoms with Crippen LogP contribution >= 0.6 is 0 Å². The maximum atomic E-state index is 11.1. The first-order valence-corrected chi connectivity index (χ1v) is 11.6. The van der Waals surface area contributed by atoms with Gasteiger partial charge in [0, 0.05) is 30.5 Å². The van der Waals surface area contributed by atoms with Crippen molar-refractivity contribution in [2.75, 3.05) is 51.5 Å². The number of fused-ring (bicyclic) bond motifs is 1. The molecule has 33 heavy (non-hydrogen) atoms. The van der Waals surface area contributed by atoms with Crippen LogP contribution in [0.25, 0.3) is 10.9 Å². The van der Waals surface area contributed by atoms with E-state index in [0.29, 0.717) is 29.9 Å². The maximum Gasteiger partial charge on any atom is 0.243 e. The Kier molecular flexibility index (Phi) is 9.32. The summed E-state index contributed by atoms with van der Waals surface area (Å²) in [6.45, 7) is 2.85. The fraction of sp³-hybridized carbons (Fsp3) is 0.609. The molecule has 182 valence electrons. The van der Waals surface area contributed by atoms with E-state index in [1.807, 2.05) is 12.1 Å². The Morgan fingerprint density at radius 2 is 1.79 bits per heavy atom. The van der Waals surface area contributed by atoms with Crippen LogP contribution < -0.4 is 25.6 Å². The topological polar surface area (TPSA) is 121 Å². The van der Waals surface area contributed by atoms with E-state index in [9.17, 15) is 4.79 Å². The first kappa shape index (κ1) is 24.8. The molecule has 0 aliphatic carbocycles. The number of hydrogen-bond acceptors (Lipinski definition) is 9. The van der Waals surface area contributed by atoms with E-state index in [0.717, 1.165) is 74.9 Å². The number of rotatable bonds is 12. The highest BCUT2D eigenvalue weighted by atomic mass is 16.5. The van der Waals surface area contributed by atoms with E-state index in [1.54, 1.807) is 19.7 Å². The minimum Gasteiger partial charge on any atom is -0.493 e. The van der Waals surface area contributed by atoms with Gasteiger partial charge in [-0.1, -0.05) is 12.8 Å². The highest BCUT2D eigenvalue weighted by Gasteiger charge is 2.20. The summed E-state index contributed by atoms with van der Waals surface area (Å²) in [5, 5.41) is 16.4. The molecule has 4 N–H and O–H groups in total. The van der Waals surface area contributed by atoms with Gasteiger partial charge in [-0.3, -0.25) is 10.0 Å². The van der Waals surface area contributed by atoms with Crippen LogP contribution in [0.4, 0.5) is 11.8 Å². The maximum absolute atomic E-state index is 11.1. The number of nitrogens with one attached hydrogen (secondary N) is 3. The normalized spacial score (nSPS) is 14.8. The van der Waals surface area contributed by atoms with Crippen LogP contribution in [-0.2, 0) is 4.79 Å². The quantitative estimate of drug-likeness (QED) is 0.215. The molecule has 1 amide bonds. The van der Waals surface area contributed by atoms with Crippen molar-refractivity contribution in [3.63, 3.8) is 0 Å². The third kappa shape index (κ3) is 7.06. The van der Waals surface area contributed by atoms with Crippen LogP contribution in [0.5, 0.6) is 11.5 Å². The number of aromatic nitrogens is 2. The molecule has 0 unspecified atom stereocenters. The van der Waals surface area contributed by atoms with Gasteiger partial charge < -0.3 is 25.0 Å². The van der Waals surface area contributed by atoms with Gasteiger partial charge >= 0.3 is 0 Å². The second-order valence-corrected chi connectivity index (χ2v) is 8.47. The molecular formula is C23H36N6O4. The second kappa shape index (κ2) is 12.4. The van der Waals surface area contributed by atoms with Gasteiger partial charge in [0.05, 0.1) is 19.7 Å². The third-order valence-electron chi connectivity index (χ3n) is 6.00. The van der Waals surface area contributed by atoms with E-state index in [-0.39, 0.29) is 5.91 Å². The molecule has 3 rings (SSSR count). The monoisotopic (exact) mass is 460 g/mol. The average molecular weight is 461 g/mol. The summed E-state index contributed by atoms with van der Waals surface area (Å²) in [7, 11) is 5.39. The Hall–Kier alpha value is -2.85. The molecule has 2 aromatic rings.